The van der Waals surface area contributed by atoms with E-state index >= 15 is 0 Å². The second-order valence-electron chi connectivity index (χ2n) is 7.40. The smallest absolute Gasteiger partial charge is 0.335 e. The Hall–Kier alpha value is -3.55. The first-order chi connectivity index (χ1) is 16.3. The minimum Gasteiger partial charge on any atom is -0.479 e. The number of hydrogen-bond acceptors (Lipinski definition) is 9. The largest absolute Gasteiger partial charge is 0.479 e. The molecule has 2 aromatic heterocycles. The number of carboxylic acid groups (broad SMARTS) is 1. The molecule has 0 aliphatic carbocycles. The summed E-state index contributed by atoms with van der Waals surface area (Å²) in [6.45, 7) is 1.94. The molecule has 3 aromatic rings. The topological polar surface area (TPSA) is 154 Å². The molecule has 3 heterocycles. The zero-order valence-corrected chi connectivity index (χ0v) is 18.6. The van der Waals surface area contributed by atoms with Gasteiger partial charge in [0.1, 0.15) is 29.1 Å². The molecule has 0 spiro atoms. The molecule has 1 fully saturated rings. The predicted molar refractivity (Wildman–Crippen MR) is 113 cm³/mol. The molecular formula is C20H19ClFN7O5. The highest BCUT2D eigenvalue weighted by Gasteiger charge is 2.28. The second kappa shape index (κ2) is 10.2. The van der Waals surface area contributed by atoms with Crippen LogP contribution in [0.3, 0.4) is 0 Å². The summed E-state index contributed by atoms with van der Waals surface area (Å²) in [7, 11) is 0. The number of aromatic nitrogens is 6. The van der Waals surface area contributed by atoms with Crippen LogP contribution in [0.2, 0.25) is 5.02 Å². The maximum absolute atomic E-state index is 13.3. The summed E-state index contributed by atoms with van der Waals surface area (Å²) < 4.78 is 24.0. The van der Waals surface area contributed by atoms with Crippen molar-refractivity contribution >= 4 is 23.5 Å². The molecule has 4 rings (SSSR count). The molecule has 0 bridgehead atoms. The molecule has 1 aliphatic rings. The Morgan fingerprint density at radius 1 is 1.26 bits per heavy atom. The van der Waals surface area contributed by atoms with Crippen molar-refractivity contribution in [3.05, 3.63) is 52.2 Å². The number of aryl methyl sites for hydroxylation is 1. The molecule has 1 saturated heterocycles. The number of carboxylic acids is 1. The van der Waals surface area contributed by atoms with Gasteiger partial charge in [0.2, 0.25) is 5.82 Å². The number of aliphatic carboxylic acids is 1. The average molecular weight is 492 g/mol. The van der Waals surface area contributed by atoms with Crippen molar-refractivity contribution in [1.29, 1.82) is 0 Å². The first-order valence-corrected chi connectivity index (χ1v) is 10.5. The van der Waals surface area contributed by atoms with Gasteiger partial charge in [-0.15, -0.1) is 10.2 Å². The zero-order chi connectivity index (χ0) is 24.2. The van der Waals surface area contributed by atoms with Crippen molar-refractivity contribution in [2.45, 2.75) is 32.2 Å². The van der Waals surface area contributed by atoms with Gasteiger partial charge >= 0.3 is 5.97 Å². The van der Waals surface area contributed by atoms with Crippen LogP contribution in [0.1, 0.15) is 21.9 Å². The number of ether oxygens (including phenoxy) is 2. The van der Waals surface area contributed by atoms with Crippen molar-refractivity contribution < 1.29 is 28.6 Å². The Bertz CT molecular complexity index is 1220. The predicted octanol–water partition coefficient (Wildman–Crippen LogP) is 1.03. The Morgan fingerprint density at radius 3 is 2.79 bits per heavy atom. The number of nitrogens with zero attached hydrogens (tertiary/aromatic N) is 6. The second-order valence-corrected chi connectivity index (χ2v) is 7.81. The van der Waals surface area contributed by atoms with Crippen molar-refractivity contribution in [3.8, 4) is 11.5 Å². The highest BCUT2D eigenvalue weighted by molar-refractivity contribution is 6.30. The van der Waals surface area contributed by atoms with Gasteiger partial charge in [-0.05, 0) is 35.9 Å². The Balaban J connectivity index is 1.41. The van der Waals surface area contributed by atoms with Gasteiger partial charge in [-0.2, -0.15) is 4.80 Å². The summed E-state index contributed by atoms with van der Waals surface area (Å²) in [5, 5.41) is 23.8. The van der Waals surface area contributed by atoms with Crippen LogP contribution in [0, 0.1) is 12.7 Å². The summed E-state index contributed by atoms with van der Waals surface area (Å²) >= 11 is 5.77. The van der Waals surface area contributed by atoms with Gasteiger partial charge in [0.05, 0.1) is 24.8 Å². The van der Waals surface area contributed by atoms with Crippen molar-refractivity contribution in [2.75, 3.05) is 13.2 Å². The van der Waals surface area contributed by atoms with Gasteiger partial charge in [0.15, 0.2) is 6.10 Å². The fourth-order valence-corrected chi connectivity index (χ4v) is 3.32. The van der Waals surface area contributed by atoms with Crippen LogP contribution in [0.15, 0.2) is 24.3 Å². The number of nitrogens with one attached hydrogen (secondary N) is 1. The quantitative estimate of drug-likeness (QED) is 0.489. The van der Waals surface area contributed by atoms with E-state index < -0.39 is 29.9 Å². The van der Waals surface area contributed by atoms with Gasteiger partial charge in [-0.3, -0.25) is 4.79 Å². The van der Waals surface area contributed by atoms with E-state index in [0.29, 0.717) is 17.1 Å². The first kappa shape index (κ1) is 23.6. The van der Waals surface area contributed by atoms with E-state index in [1.807, 2.05) is 0 Å². The highest BCUT2D eigenvalue weighted by Crippen LogP contribution is 2.17. The number of halogens is 2. The molecule has 34 heavy (non-hydrogen) atoms. The van der Waals surface area contributed by atoms with E-state index in [9.17, 15) is 14.0 Å². The fourth-order valence-electron chi connectivity index (χ4n) is 3.12. The summed E-state index contributed by atoms with van der Waals surface area (Å²) in [5.41, 5.74) is 1.01. The highest BCUT2D eigenvalue weighted by atomic mass is 35.5. The Kier molecular flexibility index (Phi) is 7.05. The van der Waals surface area contributed by atoms with E-state index in [0.717, 1.165) is 0 Å². The van der Waals surface area contributed by atoms with Crippen LogP contribution >= 0.6 is 11.6 Å². The number of rotatable bonds is 7. The summed E-state index contributed by atoms with van der Waals surface area (Å²) in [5.74, 6) is -1.60. The first-order valence-electron chi connectivity index (χ1n) is 10.1. The molecule has 1 aliphatic heterocycles. The van der Waals surface area contributed by atoms with Gasteiger partial charge in [0, 0.05) is 6.54 Å². The summed E-state index contributed by atoms with van der Waals surface area (Å²) in [6, 6.07) is 5.60. The minimum absolute atomic E-state index is 0.0343. The molecule has 0 unspecified atom stereocenters. The molecule has 2 N–H and O–H groups in total. The molecule has 0 saturated carbocycles. The van der Waals surface area contributed by atoms with E-state index in [-0.39, 0.29) is 42.8 Å². The monoisotopic (exact) mass is 491 g/mol. The lowest BCUT2D eigenvalue weighted by Gasteiger charge is -2.26. The standard InChI is InChI=1S/C20H19ClFN7O5/c1-10-24-15(5-16(25-10)19(30)23-6-11-2-3-14(22)13(21)4-11)18-26-28-29(27-18)7-12-8-34-17(9-33-12)20(31)32/h2-5,12,17H,6-9H2,1H3,(H,23,30)(H,31,32)/t12-,17-/m0/s1. The molecular weight excluding hydrogens is 473 g/mol. The van der Waals surface area contributed by atoms with Gasteiger partial charge in [-0.25, -0.2) is 19.2 Å². The maximum Gasteiger partial charge on any atom is 0.335 e. The van der Waals surface area contributed by atoms with Crippen molar-refractivity contribution in [2.24, 2.45) is 0 Å². The van der Waals surface area contributed by atoms with Crippen LogP contribution in [-0.4, -0.2) is 72.6 Å². The lowest BCUT2D eigenvalue weighted by molar-refractivity contribution is -0.177. The molecule has 12 nitrogen and oxygen atoms in total. The van der Waals surface area contributed by atoms with Gasteiger partial charge in [-0.1, -0.05) is 17.7 Å². The van der Waals surface area contributed by atoms with Crippen LogP contribution in [0.25, 0.3) is 11.5 Å². The normalized spacial score (nSPS) is 18.0. The van der Waals surface area contributed by atoms with Crippen molar-refractivity contribution in [1.82, 2.24) is 35.5 Å². The number of amides is 1. The number of tetrazole rings is 1. The summed E-state index contributed by atoms with van der Waals surface area (Å²) in [4.78, 5) is 33.2. The third-order valence-electron chi connectivity index (χ3n) is 4.80. The van der Waals surface area contributed by atoms with Crippen LogP contribution in [0.5, 0.6) is 0 Å². The number of carbonyl (C=O) groups excluding carboxylic acids is 1. The molecule has 14 heteroatoms. The fraction of sp³-hybridized carbons (Fsp3) is 0.350. The molecule has 1 aromatic carbocycles. The van der Waals surface area contributed by atoms with Crippen molar-refractivity contribution in [3.63, 3.8) is 0 Å². The lowest BCUT2D eigenvalue weighted by atomic mass is 10.2. The molecule has 0 radical (unpaired) electrons. The third kappa shape index (κ3) is 5.68. The molecule has 178 valence electrons. The van der Waals surface area contributed by atoms with Crippen LogP contribution < -0.4 is 5.32 Å². The van der Waals surface area contributed by atoms with Gasteiger partial charge in [0.25, 0.3) is 5.91 Å². The maximum atomic E-state index is 13.3. The minimum atomic E-state index is -1.08. The van der Waals surface area contributed by atoms with E-state index in [1.54, 1.807) is 6.92 Å². The van der Waals surface area contributed by atoms with E-state index in [1.165, 1.54) is 29.1 Å². The Morgan fingerprint density at radius 2 is 2.09 bits per heavy atom. The number of hydrogen-bond donors (Lipinski definition) is 2. The van der Waals surface area contributed by atoms with Crippen LogP contribution in [-0.2, 0) is 27.4 Å². The van der Waals surface area contributed by atoms with E-state index in [2.05, 4.69) is 30.7 Å². The average Bonchev–Trinajstić information content (AvgIpc) is 3.28. The summed E-state index contributed by atoms with van der Waals surface area (Å²) in [6.07, 6.45) is -1.43. The Labute approximate surface area is 197 Å². The number of carbonyl (C=O) groups is 2. The number of benzene rings is 1. The zero-order valence-electron chi connectivity index (χ0n) is 17.8. The molecule has 1 amide bonds. The molecule has 2 atom stereocenters. The SMILES string of the molecule is Cc1nc(C(=O)NCc2ccc(F)c(Cl)c2)cc(-c2nnn(C[C@H]3CO[C@H](C(=O)O)CO3)n2)n1. The van der Waals surface area contributed by atoms with Gasteiger partial charge < -0.3 is 19.9 Å². The van der Waals surface area contributed by atoms with Crippen LogP contribution in [0.4, 0.5) is 4.39 Å². The lowest BCUT2D eigenvalue weighted by Crippen LogP contribution is -2.42. The van der Waals surface area contributed by atoms with E-state index in [4.69, 9.17) is 26.2 Å². The third-order valence-corrected chi connectivity index (χ3v) is 5.09.